The lowest BCUT2D eigenvalue weighted by Crippen LogP contribution is -2.20. The number of aromatic carboxylic acids is 1. The van der Waals surface area contributed by atoms with E-state index in [1.54, 1.807) is 17.8 Å². The molecule has 1 aromatic heterocycles. The molecule has 0 saturated carbocycles. The predicted octanol–water partition coefficient (Wildman–Crippen LogP) is 3.38. The van der Waals surface area contributed by atoms with Crippen LogP contribution >= 0.6 is 11.8 Å². The minimum Gasteiger partial charge on any atom is -0.478 e. The number of methoxy groups -OCH3 is 1. The van der Waals surface area contributed by atoms with Crippen molar-refractivity contribution in [3.63, 3.8) is 0 Å². The van der Waals surface area contributed by atoms with Gasteiger partial charge in [0.15, 0.2) is 0 Å². The quantitative estimate of drug-likeness (QED) is 0.603. The molecular formula is C20H21N3O4S. The summed E-state index contributed by atoms with van der Waals surface area (Å²) in [5.74, 6) is 0.199. The molecule has 2 aromatic carbocycles. The van der Waals surface area contributed by atoms with E-state index in [1.165, 1.54) is 19.2 Å². The molecule has 7 nitrogen and oxygen atoms in total. The molecule has 0 aliphatic carbocycles. The number of anilines is 1. The van der Waals surface area contributed by atoms with E-state index < -0.39 is 5.97 Å². The van der Waals surface area contributed by atoms with E-state index in [-0.39, 0.29) is 24.6 Å². The molecule has 2 N–H and O–H groups in total. The molecule has 146 valence electrons. The lowest BCUT2D eigenvalue weighted by atomic mass is 10.1. The second kappa shape index (κ2) is 8.90. The minimum atomic E-state index is -1.06. The number of nitrogens with zero attached hydrogens (tertiary/aromatic N) is 2. The van der Waals surface area contributed by atoms with Crippen LogP contribution in [0.15, 0.2) is 42.5 Å². The van der Waals surface area contributed by atoms with Crippen molar-refractivity contribution < 1.29 is 19.4 Å². The fourth-order valence-electron chi connectivity index (χ4n) is 3.02. The molecule has 28 heavy (non-hydrogen) atoms. The number of imidazole rings is 1. The zero-order valence-electron chi connectivity index (χ0n) is 15.6. The number of para-hydroxylation sites is 2. The highest BCUT2D eigenvalue weighted by Crippen LogP contribution is 2.20. The number of hydrogen-bond acceptors (Lipinski definition) is 5. The highest BCUT2D eigenvalue weighted by molar-refractivity contribution is 7.97. The fraction of sp³-hybridized carbons (Fsp3) is 0.250. The molecule has 3 rings (SSSR count). The van der Waals surface area contributed by atoms with Crippen molar-refractivity contribution in [2.24, 2.45) is 0 Å². The first-order valence-corrected chi connectivity index (χ1v) is 10.0. The number of thioether (sulfide) groups is 1. The Morgan fingerprint density at radius 3 is 2.75 bits per heavy atom. The molecule has 8 heteroatoms. The topological polar surface area (TPSA) is 93.5 Å². The van der Waals surface area contributed by atoms with Gasteiger partial charge >= 0.3 is 5.97 Å². The van der Waals surface area contributed by atoms with Crippen LogP contribution in [0.3, 0.4) is 0 Å². The highest BCUT2D eigenvalue weighted by Gasteiger charge is 2.14. The summed E-state index contributed by atoms with van der Waals surface area (Å²) in [7, 11) is 1.53. The van der Waals surface area contributed by atoms with Gasteiger partial charge in [-0.05, 0) is 42.2 Å². The van der Waals surface area contributed by atoms with Crippen molar-refractivity contribution in [2.75, 3.05) is 18.7 Å². The molecule has 0 aliphatic rings. The van der Waals surface area contributed by atoms with Gasteiger partial charge in [0, 0.05) is 12.8 Å². The molecule has 0 fully saturated rings. The third-order valence-corrected chi connectivity index (χ3v) is 4.69. The first kappa shape index (κ1) is 19.9. The second-order valence-electron chi connectivity index (χ2n) is 6.24. The van der Waals surface area contributed by atoms with E-state index >= 15 is 0 Å². The number of carboxylic acids is 1. The number of aromatic nitrogens is 2. The van der Waals surface area contributed by atoms with Gasteiger partial charge in [0.05, 0.1) is 29.0 Å². The summed E-state index contributed by atoms with van der Waals surface area (Å²) in [4.78, 5) is 28.6. The number of fused-ring (bicyclic) bond motifs is 1. The maximum atomic E-state index is 12.7. The van der Waals surface area contributed by atoms with E-state index in [0.29, 0.717) is 17.0 Å². The van der Waals surface area contributed by atoms with Crippen molar-refractivity contribution in [1.82, 2.24) is 9.55 Å². The van der Waals surface area contributed by atoms with E-state index in [0.717, 1.165) is 16.9 Å². The molecule has 0 radical (unpaired) electrons. The Kier molecular flexibility index (Phi) is 6.33. The maximum Gasteiger partial charge on any atom is 0.335 e. The lowest BCUT2D eigenvalue weighted by Gasteiger charge is -2.11. The Hall–Kier alpha value is -2.84. The molecule has 0 aliphatic heterocycles. The van der Waals surface area contributed by atoms with Gasteiger partial charge in [0.2, 0.25) is 5.91 Å². The summed E-state index contributed by atoms with van der Waals surface area (Å²) in [6.07, 6.45) is 1.98. The molecule has 1 amide bonds. The van der Waals surface area contributed by atoms with Crippen LogP contribution in [0.1, 0.15) is 21.7 Å². The Balaban J connectivity index is 1.86. The molecule has 0 atom stereocenters. The normalized spacial score (nSPS) is 10.9. The van der Waals surface area contributed by atoms with Crippen LogP contribution in [0.2, 0.25) is 0 Å². The zero-order valence-corrected chi connectivity index (χ0v) is 16.5. The van der Waals surface area contributed by atoms with Gasteiger partial charge in [-0.25, -0.2) is 9.78 Å². The van der Waals surface area contributed by atoms with Gasteiger partial charge in [0.1, 0.15) is 12.4 Å². The molecule has 0 bridgehead atoms. The fourth-order valence-corrected chi connectivity index (χ4v) is 3.50. The summed E-state index contributed by atoms with van der Waals surface area (Å²) >= 11 is 1.63. The third kappa shape index (κ3) is 4.52. The SMILES string of the molecule is COCc1cc(NC(=O)Cn2c(CSC)nc3ccccc32)cc(C(=O)O)c1. The van der Waals surface area contributed by atoms with Crippen LogP contribution in [0.25, 0.3) is 11.0 Å². The van der Waals surface area contributed by atoms with Gasteiger partial charge < -0.3 is 19.7 Å². The van der Waals surface area contributed by atoms with Crippen molar-refractivity contribution in [3.05, 3.63) is 59.4 Å². The lowest BCUT2D eigenvalue weighted by molar-refractivity contribution is -0.116. The van der Waals surface area contributed by atoms with Gasteiger partial charge in [-0.2, -0.15) is 11.8 Å². The zero-order chi connectivity index (χ0) is 20.1. The number of carbonyl (C=O) groups is 2. The number of rotatable bonds is 8. The Labute approximate surface area is 166 Å². The molecule has 1 heterocycles. The maximum absolute atomic E-state index is 12.7. The number of carboxylic acid groups (broad SMARTS) is 1. The van der Waals surface area contributed by atoms with Crippen molar-refractivity contribution in [3.8, 4) is 0 Å². The first-order valence-electron chi connectivity index (χ1n) is 8.61. The van der Waals surface area contributed by atoms with Gasteiger partial charge in [0.25, 0.3) is 0 Å². The molecule has 0 spiro atoms. The van der Waals surface area contributed by atoms with Crippen LogP contribution in [-0.4, -0.2) is 39.9 Å². The molecule has 3 aromatic rings. The summed E-state index contributed by atoms with van der Waals surface area (Å²) in [5.41, 5.74) is 2.93. The number of hydrogen-bond donors (Lipinski definition) is 2. The summed E-state index contributed by atoms with van der Waals surface area (Å²) < 4.78 is 6.97. The Morgan fingerprint density at radius 2 is 2.04 bits per heavy atom. The minimum absolute atomic E-state index is 0.0906. The predicted molar refractivity (Wildman–Crippen MR) is 110 cm³/mol. The van der Waals surface area contributed by atoms with Crippen LogP contribution in [0, 0.1) is 0 Å². The number of carbonyl (C=O) groups excluding carboxylic acids is 1. The highest BCUT2D eigenvalue weighted by atomic mass is 32.2. The third-order valence-electron chi connectivity index (χ3n) is 4.14. The van der Waals surface area contributed by atoms with Crippen molar-refractivity contribution >= 4 is 40.4 Å². The molecule has 0 unspecified atom stereocenters. The molecular weight excluding hydrogens is 378 g/mol. The van der Waals surface area contributed by atoms with Gasteiger partial charge in [-0.15, -0.1) is 0 Å². The smallest absolute Gasteiger partial charge is 0.335 e. The van der Waals surface area contributed by atoms with Gasteiger partial charge in [-0.1, -0.05) is 12.1 Å². The van der Waals surface area contributed by atoms with Crippen molar-refractivity contribution in [1.29, 1.82) is 0 Å². The first-order chi connectivity index (χ1) is 13.5. The largest absolute Gasteiger partial charge is 0.478 e. The Morgan fingerprint density at radius 1 is 1.25 bits per heavy atom. The number of benzene rings is 2. The second-order valence-corrected chi connectivity index (χ2v) is 7.11. The average Bonchev–Trinajstić information content (AvgIpc) is 2.99. The van der Waals surface area contributed by atoms with Crippen molar-refractivity contribution in [2.45, 2.75) is 18.9 Å². The van der Waals surface area contributed by atoms with Crippen LogP contribution in [0.4, 0.5) is 5.69 Å². The average molecular weight is 399 g/mol. The van der Waals surface area contributed by atoms with Gasteiger partial charge in [-0.3, -0.25) is 4.79 Å². The standard InChI is InChI=1S/C20H21N3O4S/c1-27-11-13-7-14(20(25)26)9-15(8-13)21-19(24)10-23-17-6-4-3-5-16(17)22-18(23)12-28-2/h3-9H,10-12H2,1-2H3,(H,21,24)(H,25,26). The Bertz CT molecular complexity index is 1020. The summed E-state index contributed by atoms with van der Waals surface area (Å²) in [6.45, 7) is 0.349. The van der Waals surface area contributed by atoms with E-state index in [2.05, 4.69) is 10.3 Å². The van der Waals surface area contributed by atoms with Crippen LogP contribution in [-0.2, 0) is 28.4 Å². The van der Waals surface area contributed by atoms with Crippen LogP contribution < -0.4 is 5.32 Å². The molecule has 0 saturated heterocycles. The summed E-state index contributed by atoms with van der Waals surface area (Å²) in [6, 6.07) is 12.4. The monoisotopic (exact) mass is 399 g/mol. The number of ether oxygens (including phenoxy) is 1. The summed E-state index contributed by atoms with van der Waals surface area (Å²) in [5, 5.41) is 12.1. The van der Waals surface area contributed by atoms with Crippen LogP contribution in [0.5, 0.6) is 0 Å². The number of amides is 1. The van der Waals surface area contributed by atoms with E-state index in [4.69, 9.17) is 4.74 Å². The number of nitrogens with one attached hydrogen (secondary N) is 1. The van der Waals surface area contributed by atoms with E-state index in [1.807, 2.05) is 35.1 Å². The van der Waals surface area contributed by atoms with E-state index in [9.17, 15) is 14.7 Å².